The van der Waals surface area contributed by atoms with Gasteiger partial charge < -0.3 is 5.11 Å². The van der Waals surface area contributed by atoms with E-state index in [1.165, 1.54) is 0 Å². The van der Waals surface area contributed by atoms with Gasteiger partial charge in [0, 0.05) is 20.7 Å². The number of rotatable bonds is 16. The van der Waals surface area contributed by atoms with Gasteiger partial charge in [-0.05, 0) is 6.42 Å². The molecule has 0 saturated carbocycles. The SMILES string of the molecule is CCCCCC(I)CC(F)(F)C(F)(F)C(F)(F)C(F)(F)C(F)(F)C(F)(F)C(F)(F)C(F)(F)CC(I)CO. The van der Waals surface area contributed by atoms with E-state index in [4.69, 9.17) is 5.11 Å². The number of alkyl halides is 18. The first-order valence-electron chi connectivity index (χ1n) is 10.1. The average molecular weight is 810 g/mol. The largest absolute Gasteiger partial charge is 0.395 e. The molecular formula is C18H20F16I2O. The Balaban J connectivity index is 6.49. The first-order chi connectivity index (χ1) is 16.2. The molecule has 1 nitrogen and oxygen atoms in total. The van der Waals surface area contributed by atoms with Crippen LogP contribution in [0.3, 0.4) is 0 Å². The fourth-order valence-corrected chi connectivity index (χ4v) is 4.39. The van der Waals surface area contributed by atoms with Crippen LogP contribution < -0.4 is 0 Å². The number of halogens is 18. The van der Waals surface area contributed by atoms with Crippen molar-refractivity contribution >= 4 is 45.2 Å². The van der Waals surface area contributed by atoms with Crippen LogP contribution in [0.15, 0.2) is 0 Å². The van der Waals surface area contributed by atoms with Crippen LogP contribution in [0.1, 0.15) is 45.4 Å². The van der Waals surface area contributed by atoms with Crippen molar-refractivity contribution in [2.45, 2.75) is 101 Å². The second-order valence-corrected chi connectivity index (χ2v) is 11.7. The molecule has 0 aromatic heterocycles. The van der Waals surface area contributed by atoms with E-state index in [1.54, 1.807) is 6.92 Å². The highest BCUT2D eigenvalue weighted by molar-refractivity contribution is 14.1. The predicted molar refractivity (Wildman–Crippen MR) is 116 cm³/mol. The van der Waals surface area contributed by atoms with Crippen molar-refractivity contribution < 1.29 is 75.4 Å². The molecule has 1 N–H and O–H groups in total. The molecule has 224 valence electrons. The van der Waals surface area contributed by atoms with E-state index in [-0.39, 0.29) is 12.8 Å². The van der Waals surface area contributed by atoms with Gasteiger partial charge in [0.15, 0.2) is 0 Å². The average Bonchev–Trinajstić information content (AvgIpc) is 2.72. The highest BCUT2D eigenvalue weighted by Crippen LogP contribution is 2.64. The summed E-state index contributed by atoms with van der Waals surface area (Å²) in [6.45, 7) is 0.176. The summed E-state index contributed by atoms with van der Waals surface area (Å²) in [5, 5.41) is 8.56. The Kier molecular flexibility index (Phi) is 12.1. The Labute approximate surface area is 227 Å². The van der Waals surface area contributed by atoms with Crippen molar-refractivity contribution in [2.75, 3.05) is 6.61 Å². The lowest BCUT2D eigenvalue weighted by Crippen LogP contribution is -2.74. The number of unbranched alkanes of at least 4 members (excludes halogenated alkanes) is 2. The van der Waals surface area contributed by atoms with Gasteiger partial charge in [-0.2, -0.15) is 70.2 Å². The molecule has 2 unspecified atom stereocenters. The first-order valence-corrected chi connectivity index (χ1v) is 12.6. The molecule has 0 saturated heterocycles. The van der Waals surface area contributed by atoms with Crippen molar-refractivity contribution in [3.63, 3.8) is 0 Å². The van der Waals surface area contributed by atoms with Crippen LogP contribution in [-0.2, 0) is 0 Å². The minimum Gasteiger partial charge on any atom is -0.395 e. The standard InChI is InChI=1S/C18H20F16I2O/c1-2-3-4-5-9(35)6-11(19,20)13(23,24)15(27,28)17(31,32)18(33,34)16(29,30)14(25,26)12(21,22)7-10(36)8-37/h9-10,37H,2-8H2,1H3. The van der Waals surface area contributed by atoms with Crippen LogP contribution in [0.25, 0.3) is 0 Å². The quantitative estimate of drug-likeness (QED) is 0.0715. The molecular weight excluding hydrogens is 790 g/mol. The maximum Gasteiger partial charge on any atom is 0.384 e. The van der Waals surface area contributed by atoms with Gasteiger partial charge in [0.1, 0.15) is 0 Å². The molecule has 0 aliphatic heterocycles. The predicted octanol–water partition coefficient (Wildman–Crippen LogP) is 9.03. The number of hydrogen-bond donors (Lipinski definition) is 1. The van der Waals surface area contributed by atoms with Crippen molar-refractivity contribution in [3.8, 4) is 0 Å². The summed E-state index contributed by atoms with van der Waals surface area (Å²) in [4.78, 5) is 0. The van der Waals surface area contributed by atoms with E-state index in [2.05, 4.69) is 0 Å². The molecule has 0 aliphatic carbocycles. The molecule has 0 heterocycles. The van der Waals surface area contributed by atoms with Crippen LogP contribution in [0.4, 0.5) is 70.2 Å². The Morgan fingerprint density at radius 1 is 0.514 bits per heavy atom. The van der Waals surface area contributed by atoms with Gasteiger partial charge >= 0.3 is 47.4 Å². The highest BCUT2D eigenvalue weighted by atomic mass is 127. The Morgan fingerprint density at radius 2 is 0.811 bits per heavy atom. The van der Waals surface area contributed by atoms with Gasteiger partial charge in [0.25, 0.3) is 0 Å². The van der Waals surface area contributed by atoms with Gasteiger partial charge in [0.2, 0.25) is 0 Å². The minimum absolute atomic E-state index is 0.0697. The third-order valence-electron chi connectivity index (χ3n) is 5.17. The molecule has 0 amide bonds. The summed E-state index contributed by atoms with van der Waals surface area (Å²) in [7, 11) is 0. The topological polar surface area (TPSA) is 20.2 Å². The zero-order valence-electron chi connectivity index (χ0n) is 18.4. The summed E-state index contributed by atoms with van der Waals surface area (Å²) >= 11 is 1.78. The van der Waals surface area contributed by atoms with E-state index in [1.807, 2.05) is 0 Å². The van der Waals surface area contributed by atoms with Crippen molar-refractivity contribution in [1.82, 2.24) is 0 Å². The zero-order valence-corrected chi connectivity index (χ0v) is 22.7. The van der Waals surface area contributed by atoms with E-state index >= 15 is 0 Å². The number of aliphatic hydroxyl groups is 1. The summed E-state index contributed by atoms with van der Waals surface area (Å²) in [6, 6.07) is 0. The molecule has 0 aliphatic rings. The molecule has 19 heteroatoms. The molecule has 0 aromatic carbocycles. The second kappa shape index (κ2) is 12.0. The summed E-state index contributed by atoms with van der Waals surface area (Å²) in [5.74, 6) is -60.9. The molecule has 0 rings (SSSR count). The molecule has 2 atom stereocenters. The third-order valence-corrected chi connectivity index (χ3v) is 7.06. The van der Waals surface area contributed by atoms with Gasteiger partial charge in [-0.15, -0.1) is 0 Å². The van der Waals surface area contributed by atoms with Crippen molar-refractivity contribution in [1.29, 1.82) is 0 Å². The van der Waals surface area contributed by atoms with Crippen LogP contribution in [0, 0.1) is 0 Å². The molecule has 0 fully saturated rings. The van der Waals surface area contributed by atoms with E-state index in [9.17, 15) is 70.2 Å². The van der Waals surface area contributed by atoms with Crippen LogP contribution in [-0.4, -0.2) is 66.9 Å². The smallest absolute Gasteiger partial charge is 0.384 e. The van der Waals surface area contributed by atoms with Crippen molar-refractivity contribution in [3.05, 3.63) is 0 Å². The fourth-order valence-electron chi connectivity index (χ4n) is 2.84. The van der Waals surface area contributed by atoms with Gasteiger partial charge in [-0.25, -0.2) is 0 Å². The fraction of sp³-hybridized carbons (Fsp3) is 1.00. The van der Waals surface area contributed by atoms with Crippen LogP contribution in [0.2, 0.25) is 0 Å². The molecule has 0 bridgehead atoms. The van der Waals surface area contributed by atoms with Gasteiger partial charge in [-0.3, -0.25) is 0 Å². The maximum atomic E-state index is 14.0. The summed E-state index contributed by atoms with van der Waals surface area (Å²) in [6.07, 6.45) is -4.38. The van der Waals surface area contributed by atoms with Crippen molar-refractivity contribution in [2.24, 2.45) is 0 Å². The van der Waals surface area contributed by atoms with E-state index in [0.717, 1.165) is 45.2 Å². The summed E-state index contributed by atoms with van der Waals surface area (Å²) in [5.41, 5.74) is 0. The molecule has 0 spiro atoms. The lowest BCUT2D eigenvalue weighted by Gasteiger charge is -2.44. The van der Waals surface area contributed by atoms with E-state index in [0.29, 0.717) is 12.8 Å². The second-order valence-electron chi connectivity index (χ2n) is 8.14. The first kappa shape index (κ1) is 37.3. The molecule has 37 heavy (non-hydrogen) atoms. The van der Waals surface area contributed by atoms with E-state index < -0.39 is 74.7 Å². The lowest BCUT2D eigenvalue weighted by atomic mass is 9.86. The third kappa shape index (κ3) is 6.62. The minimum atomic E-state index is -8.42. The van der Waals surface area contributed by atoms with Crippen LogP contribution >= 0.6 is 45.2 Å². The Morgan fingerprint density at radius 3 is 1.11 bits per heavy atom. The number of hydrogen-bond acceptors (Lipinski definition) is 1. The van der Waals surface area contributed by atoms with Gasteiger partial charge in [-0.1, -0.05) is 71.4 Å². The lowest BCUT2D eigenvalue weighted by molar-refractivity contribution is -0.453. The Bertz CT molecular complexity index is 743. The molecule has 0 radical (unpaired) electrons. The Hall–Kier alpha value is 0.300. The van der Waals surface area contributed by atoms with Gasteiger partial charge in [0.05, 0.1) is 6.61 Å². The highest BCUT2D eigenvalue weighted by Gasteiger charge is 2.94. The number of aliphatic hydroxyl groups excluding tert-OH is 1. The summed E-state index contributed by atoms with van der Waals surface area (Å²) < 4.78 is 218. The molecule has 0 aromatic rings. The zero-order chi connectivity index (χ0) is 30.1. The normalized spacial score (nSPS) is 17.2. The monoisotopic (exact) mass is 810 g/mol. The van der Waals surface area contributed by atoms with Crippen LogP contribution in [0.5, 0.6) is 0 Å². The maximum absolute atomic E-state index is 14.0.